The molecule has 0 aromatic heterocycles. The van der Waals surface area contributed by atoms with E-state index in [-0.39, 0.29) is 6.61 Å². The Morgan fingerprint density at radius 2 is 1.78 bits per heavy atom. The van der Waals surface area contributed by atoms with E-state index < -0.39 is 11.8 Å². The van der Waals surface area contributed by atoms with Crippen molar-refractivity contribution in [3.63, 3.8) is 0 Å². The molecule has 0 unspecified atom stereocenters. The van der Waals surface area contributed by atoms with E-state index in [1.54, 1.807) is 36.4 Å². The predicted molar refractivity (Wildman–Crippen MR) is 104 cm³/mol. The van der Waals surface area contributed by atoms with Gasteiger partial charge in [-0.3, -0.25) is 20.4 Å². The van der Waals surface area contributed by atoms with E-state index in [9.17, 15) is 9.59 Å². The summed E-state index contributed by atoms with van der Waals surface area (Å²) in [7, 11) is 0. The summed E-state index contributed by atoms with van der Waals surface area (Å²) in [6.45, 7) is 6.36. The van der Waals surface area contributed by atoms with Gasteiger partial charge in [0, 0.05) is 6.08 Å². The zero-order chi connectivity index (χ0) is 19.5. The molecule has 2 aromatic rings. The van der Waals surface area contributed by atoms with Crippen LogP contribution in [0.4, 0.5) is 0 Å². The van der Waals surface area contributed by atoms with Crippen LogP contribution >= 0.6 is 0 Å². The van der Waals surface area contributed by atoms with E-state index in [1.165, 1.54) is 6.08 Å². The minimum Gasteiger partial charge on any atom is -0.494 e. The summed E-state index contributed by atoms with van der Waals surface area (Å²) in [6, 6.07) is 14.1. The van der Waals surface area contributed by atoms with Crippen molar-refractivity contribution < 1.29 is 19.1 Å². The molecule has 0 saturated heterocycles. The van der Waals surface area contributed by atoms with E-state index in [0.717, 1.165) is 11.3 Å². The molecule has 140 valence electrons. The molecular formula is C21H22N2O4. The highest BCUT2D eigenvalue weighted by Crippen LogP contribution is 2.17. The molecule has 2 amide bonds. The van der Waals surface area contributed by atoms with Crippen molar-refractivity contribution in [3.8, 4) is 11.5 Å². The van der Waals surface area contributed by atoms with Crippen LogP contribution in [0.15, 0.2) is 67.3 Å². The second-order valence-corrected chi connectivity index (χ2v) is 5.37. The maximum absolute atomic E-state index is 12.2. The molecule has 0 aliphatic rings. The van der Waals surface area contributed by atoms with Gasteiger partial charge in [0.15, 0.2) is 0 Å². The van der Waals surface area contributed by atoms with Crippen LogP contribution in [0.2, 0.25) is 0 Å². The summed E-state index contributed by atoms with van der Waals surface area (Å²) in [4.78, 5) is 24.1. The van der Waals surface area contributed by atoms with Gasteiger partial charge in [-0.05, 0) is 42.8 Å². The number of ether oxygens (including phenoxy) is 2. The number of carbonyl (C=O) groups excluding carboxylic acids is 2. The average Bonchev–Trinajstić information content (AvgIpc) is 2.70. The Morgan fingerprint density at radius 1 is 1.04 bits per heavy atom. The summed E-state index contributed by atoms with van der Waals surface area (Å²) >= 11 is 0. The lowest BCUT2D eigenvalue weighted by Crippen LogP contribution is -2.40. The van der Waals surface area contributed by atoms with Crippen molar-refractivity contribution in [3.05, 3.63) is 78.4 Å². The van der Waals surface area contributed by atoms with E-state index in [4.69, 9.17) is 9.47 Å². The fourth-order valence-corrected chi connectivity index (χ4v) is 2.17. The molecular weight excluding hydrogens is 344 g/mol. The highest BCUT2D eigenvalue weighted by Gasteiger charge is 2.12. The first-order chi connectivity index (χ1) is 13.1. The molecule has 0 atom stereocenters. The fraction of sp³-hybridized carbons (Fsp3) is 0.143. The number of amides is 2. The summed E-state index contributed by atoms with van der Waals surface area (Å²) in [5.74, 6) is 0.247. The van der Waals surface area contributed by atoms with Gasteiger partial charge in [0.1, 0.15) is 18.1 Å². The molecule has 2 N–H and O–H groups in total. The Labute approximate surface area is 158 Å². The molecule has 0 aliphatic carbocycles. The summed E-state index contributed by atoms with van der Waals surface area (Å²) < 4.78 is 10.8. The molecule has 6 nitrogen and oxygen atoms in total. The third-order valence-corrected chi connectivity index (χ3v) is 3.41. The van der Waals surface area contributed by atoms with Gasteiger partial charge in [0.25, 0.3) is 11.8 Å². The van der Waals surface area contributed by atoms with Crippen molar-refractivity contribution in [2.75, 3.05) is 13.2 Å². The van der Waals surface area contributed by atoms with Crippen molar-refractivity contribution in [1.82, 2.24) is 10.9 Å². The minimum absolute atomic E-state index is 0.279. The maximum Gasteiger partial charge on any atom is 0.273 e. The Kier molecular flexibility index (Phi) is 7.66. The van der Waals surface area contributed by atoms with Crippen LogP contribution < -0.4 is 20.3 Å². The number of benzene rings is 2. The first-order valence-corrected chi connectivity index (χ1v) is 8.48. The van der Waals surface area contributed by atoms with Crippen molar-refractivity contribution in [1.29, 1.82) is 0 Å². The lowest BCUT2D eigenvalue weighted by molar-refractivity contribution is -0.117. The number of nitrogens with one attached hydrogen (secondary N) is 2. The average molecular weight is 366 g/mol. The van der Waals surface area contributed by atoms with E-state index in [0.29, 0.717) is 17.9 Å². The zero-order valence-corrected chi connectivity index (χ0v) is 15.1. The summed E-state index contributed by atoms with van der Waals surface area (Å²) in [6.07, 6.45) is 4.55. The van der Waals surface area contributed by atoms with Crippen LogP contribution in [-0.4, -0.2) is 25.0 Å². The third kappa shape index (κ3) is 6.36. The van der Waals surface area contributed by atoms with Crippen LogP contribution in [0.5, 0.6) is 11.5 Å². The highest BCUT2D eigenvalue weighted by atomic mass is 16.5. The van der Waals surface area contributed by atoms with Gasteiger partial charge in [-0.15, -0.1) is 0 Å². The van der Waals surface area contributed by atoms with Gasteiger partial charge in [-0.25, -0.2) is 0 Å². The van der Waals surface area contributed by atoms with Gasteiger partial charge in [0.2, 0.25) is 0 Å². The standard InChI is InChI=1S/C21H22N2O4/c1-3-15-27-19-8-6-5-7-18(19)21(25)23-22-20(24)14-11-16-9-12-17(13-10-16)26-4-2/h3,5-14H,1,4,15H2,2H3,(H,22,24)(H,23,25)/b14-11+. The molecule has 0 saturated carbocycles. The van der Waals surface area contributed by atoms with Crippen LogP contribution in [-0.2, 0) is 4.79 Å². The van der Waals surface area contributed by atoms with Gasteiger partial charge in [-0.2, -0.15) is 0 Å². The largest absolute Gasteiger partial charge is 0.494 e. The molecule has 6 heteroatoms. The lowest BCUT2D eigenvalue weighted by Gasteiger charge is -2.10. The summed E-state index contributed by atoms with van der Waals surface area (Å²) in [5, 5.41) is 0. The number of hydrazine groups is 1. The number of carbonyl (C=O) groups is 2. The number of hydrogen-bond donors (Lipinski definition) is 2. The Morgan fingerprint density at radius 3 is 2.48 bits per heavy atom. The Balaban J connectivity index is 1.89. The van der Waals surface area contributed by atoms with Crippen molar-refractivity contribution >= 4 is 17.9 Å². The SMILES string of the molecule is C=CCOc1ccccc1C(=O)NNC(=O)/C=C/c1ccc(OCC)cc1. The van der Waals surface area contributed by atoms with Gasteiger partial charge < -0.3 is 9.47 Å². The molecule has 27 heavy (non-hydrogen) atoms. The van der Waals surface area contributed by atoms with Crippen molar-refractivity contribution in [2.24, 2.45) is 0 Å². The smallest absolute Gasteiger partial charge is 0.273 e. The first kappa shape index (κ1) is 19.8. The van der Waals surface area contributed by atoms with E-state index in [1.807, 2.05) is 31.2 Å². The molecule has 0 heterocycles. The second kappa shape index (κ2) is 10.5. The van der Waals surface area contributed by atoms with E-state index in [2.05, 4.69) is 17.4 Å². The second-order valence-electron chi connectivity index (χ2n) is 5.37. The lowest BCUT2D eigenvalue weighted by atomic mass is 10.2. The Bertz CT molecular complexity index is 813. The fourth-order valence-electron chi connectivity index (χ4n) is 2.17. The van der Waals surface area contributed by atoms with Gasteiger partial charge in [-0.1, -0.05) is 36.9 Å². The molecule has 0 bridgehead atoms. The zero-order valence-electron chi connectivity index (χ0n) is 15.1. The number of hydrogen-bond acceptors (Lipinski definition) is 4. The normalized spacial score (nSPS) is 10.3. The molecule has 0 aliphatic heterocycles. The number of rotatable bonds is 8. The highest BCUT2D eigenvalue weighted by molar-refractivity contribution is 5.99. The first-order valence-electron chi connectivity index (χ1n) is 8.48. The minimum atomic E-state index is -0.475. The maximum atomic E-state index is 12.2. The van der Waals surface area contributed by atoms with E-state index >= 15 is 0 Å². The Hall–Kier alpha value is -3.54. The third-order valence-electron chi connectivity index (χ3n) is 3.41. The quantitative estimate of drug-likeness (QED) is 0.428. The monoisotopic (exact) mass is 366 g/mol. The molecule has 0 spiro atoms. The number of para-hydroxylation sites is 1. The van der Waals surface area contributed by atoms with Crippen molar-refractivity contribution in [2.45, 2.75) is 6.92 Å². The van der Waals surface area contributed by atoms with Gasteiger partial charge in [0.05, 0.1) is 12.2 Å². The molecule has 2 rings (SSSR count). The molecule has 0 fully saturated rings. The predicted octanol–water partition coefficient (Wildman–Crippen LogP) is 3.12. The topological polar surface area (TPSA) is 76.7 Å². The van der Waals surface area contributed by atoms with Crippen LogP contribution in [0.3, 0.4) is 0 Å². The summed E-state index contributed by atoms with van der Waals surface area (Å²) in [5.41, 5.74) is 5.85. The molecule has 2 aromatic carbocycles. The van der Waals surface area contributed by atoms with Crippen LogP contribution in [0.25, 0.3) is 6.08 Å². The van der Waals surface area contributed by atoms with Crippen LogP contribution in [0.1, 0.15) is 22.8 Å². The van der Waals surface area contributed by atoms with Gasteiger partial charge >= 0.3 is 0 Å². The van der Waals surface area contributed by atoms with Crippen LogP contribution in [0, 0.1) is 0 Å². The molecule has 0 radical (unpaired) electrons.